The molecule has 1 fully saturated rings. The fourth-order valence-electron chi connectivity index (χ4n) is 2.94. The second-order valence-corrected chi connectivity index (χ2v) is 5.49. The summed E-state index contributed by atoms with van der Waals surface area (Å²) in [5.74, 6) is -0.00733. The molecule has 0 bridgehead atoms. The van der Waals surface area contributed by atoms with E-state index in [0.717, 1.165) is 37.9 Å². The van der Waals surface area contributed by atoms with Crippen LogP contribution in [0.15, 0.2) is 18.2 Å². The first-order valence-corrected chi connectivity index (χ1v) is 6.84. The van der Waals surface area contributed by atoms with E-state index >= 15 is 0 Å². The number of hydrogen-bond acceptors (Lipinski definition) is 3. The Balaban J connectivity index is 2.32. The molecule has 4 heteroatoms. The Morgan fingerprint density at radius 2 is 2.16 bits per heavy atom. The Morgan fingerprint density at radius 3 is 2.79 bits per heavy atom. The third-order valence-corrected chi connectivity index (χ3v) is 4.32. The fraction of sp³-hybridized carbons (Fsp3) is 0.600. The van der Waals surface area contributed by atoms with Crippen LogP contribution in [-0.4, -0.2) is 38.7 Å². The zero-order chi connectivity index (χ0) is 13.9. The van der Waals surface area contributed by atoms with Crippen molar-refractivity contribution in [3.05, 3.63) is 29.6 Å². The fourth-order valence-corrected chi connectivity index (χ4v) is 2.94. The van der Waals surface area contributed by atoms with Gasteiger partial charge >= 0.3 is 0 Å². The van der Waals surface area contributed by atoms with Gasteiger partial charge in [0.05, 0.1) is 7.11 Å². The molecule has 0 spiro atoms. The van der Waals surface area contributed by atoms with Gasteiger partial charge in [-0.25, -0.2) is 4.39 Å². The predicted molar refractivity (Wildman–Crippen MR) is 75.0 cm³/mol. The summed E-state index contributed by atoms with van der Waals surface area (Å²) in [7, 11) is 3.61. The number of nitrogens with zero attached hydrogens (tertiary/aromatic N) is 1. The Hall–Kier alpha value is -1.13. The van der Waals surface area contributed by atoms with Gasteiger partial charge in [-0.1, -0.05) is 6.07 Å². The predicted octanol–water partition coefficient (Wildman–Crippen LogP) is 2.15. The molecule has 19 heavy (non-hydrogen) atoms. The Labute approximate surface area is 114 Å². The summed E-state index contributed by atoms with van der Waals surface area (Å²) in [5, 5.41) is 0. The first-order chi connectivity index (χ1) is 9.11. The van der Waals surface area contributed by atoms with Crippen LogP contribution in [0.3, 0.4) is 0 Å². The lowest BCUT2D eigenvalue weighted by Gasteiger charge is -2.32. The quantitative estimate of drug-likeness (QED) is 0.911. The van der Waals surface area contributed by atoms with Crippen molar-refractivity contribution < 1.29 is 9.13 Å². The van der Waals surface area contributed by atoms with Gasteiger partial charge in [-0.05, 0) is 57.1 Å². The topological polar surface area (TPSA) is 38.5 Å². The molecular weight excluding hydrogens is 243 g/mol. The van der Waals surface area contributed by atoms with Crippen LogP contribution in [0.1, 0.15) is 24.8 Å². The molecule has 2 N–H and O–H groups in total. The minimum Gasteiger partial charge on any atom is -0.494 e. The van der Waals surface area contributed by atoms with E-state index < -0.39 is 0 Å². The summed E-state index contributed by atoms with van der Waals surface area (Å²) >= 11 is 0. The summed E-state index contributed by atoms with van der Waals surface area (Å²) in [6, 6.07) is 5.26. The minimum atomic E-state index is -0.301. The molecule has 2 rings (SSSR count). The average Bonchev–Trinajstić information content (AvgIpc) is 2.61. The molecule has 106 valence electrons. The number of hydrogen-bond donors (Lipinski definition) is 1. The van der Waals surface area contributed by atoms with Crippen LogP contribution in [0.4, 0.5) is 4.39 Å². The molecule has 0 amide bonds. The van der Waals surface area contributed by atoms with E-state index in [1.807, 2.05) is 6.07 Å². The highest BCUT2D eigenvalue weighted by atomic mass is 19.1. The van der Waals surface area contributed by atoms with E-state index in [4.69, 9.17) is 10.5 Å². The van der Waals surface area contributed by atoms with E-state index in [-0.39, 0.29) is 11.2 Å². The molecule has 0 aromatic heterocycles. The van der Waals surface area contributed by atoms with E-state index in [2.05, 4.69) is 11.9 Å². The number of nitrogens with two attached hydrogens (primary N) is 1. The van der Waals surface area contributed by atoms with Gasteiger partial charge in [0.2, 0.25) is 0 Å². The second kappa shape index (κ2) is 5.88. The van der Waals surface area contributed by atoms with Crippen LogP contribution < -0.4 is 10.5 Å². The first-order valence-electron chi connectivity index (χ1n) is 6.84. The molecule has 1 aliphatic rings. The van der Waals surface area contributed by atoms with Gasteiger partial charge in [-0.15, -0.1) is 0 Å². The monoisotopic (exact) mass is 266 g/mol. The second-order valence-electron chi connectivity index (χ2n) is 5.49. The summed E-state index contributed by atoms with van der Waals surface area (Å²) in [5.41, 5.74) is 6.94. The van der Waals surface area contributed by atoms with Gasteiger partial charge < -0.3 is 15.4 Å². The maximum atomic E-state index is 13.9. The highest BCUT2D eigenvalue weighted by Crippen LogP contribution is 2.36. The molecule has 0 radical (unpaired) electrons. The number of methoxy groups -OCH3 is 1. The molecule has 1 aromatic rings. The lowest BCUT2D eigenvalue weighted by Crippen LogP contribution is -2.36. The van der Waals surface area contributed by atoms with Crippen molar-refractivity contribution in [2.75, 3.05) is 33.8 Å². The van der Waals surface area contributed by atoms with Crippen molar-refractivity contribution in [2.45, 2.75) is 24.7 Å². The number of halogens is 1. The molecule has 3 nitrogen and oxygen atoms in total. The summed E-state index contributed by atoms with van der Waals surface area (Å²) in [4.78, 5) is 2.32. The van der Waals surface area contributed by atoms with Crippen LogP contribution in [0.5, 0.6) is 5.75 Å². The zero-order valence-electron chi connectivity index (χ0n) is 11.8. The van der Waals surface area contributed by atoms with Gasteiger partial charge in [0, 0.05) is 12.0 Å². The number of ether oxygens (including phenoxy) is 1. The van der Waals surface area contributed by atoms with Crippen molar-refractivity contribution >= 4 is 0 Å². The summed E-state index contributed by atoms with van der Waals surface area (Å²) in [6.45, 7) is 2.65. The lowest BCUT2D eigenvalue weighted by molar-refractivity contribution is 0.328. The summed E-state index contributed by atoms with van der Waals surface area (Å²) in [6.07, 6.45) is 3.09. The van der Waals surface area contributed by atoms with Crippen LogP contribution in [0.2, 0.25) is 0 Å². The SMILES string of the molecule is COc1ccc(C2(CN)CCCN(C)CC2)cc1F. The Bertz CT molecular complexity index is 438. The van der Waals surface area contributed by atoms with Crippen LogP contribution in [-0.2, 0) is 5.41 Å². The van der Waals surface area contributed by atoms with E-state index in [0.29, 0.717) is 12.3 Å². The molecule has 0 aliphatic carbocycles. The van der Waals surface area contributed by atoms with E-state index in [9.17, 15) is 4.39 Å². The standard InChI is InChI=1S/C15H23FN2O/c1-18-8-3-6-15(11-17,7-9-18)12-4-5-14(19-2)13(16)10-12/h4-5,10H,3,6-9,11,17H2,1-2H3. The average molecular weight is 266 g/mol. The van der Waals surface area contributed by atoms with Gasteiger partial charge in [0.25, 0.3) is 0 Å². The Morgan fingerprint density at radius 1 is 1.37 bits per heavy atom. The molecule has 1 atom stereocenters. The number of likely N-dealkylation sites (tertiary alicyclic amines) is 1. The van der Waals surface area contributed by atoms with E-state index in [1.165, 1.54) is 7.11 Å². The van der Waals surface area contributed by atoms with Crippen molar-refractivity contribution in [1.29, 1.82) is 0 Å². The number of rotatable bonds is 3. The van der Waals surface area contributed by atoms with Gasteiger partial charge in [0.1, 0.15) is 0 Å². The van der Waals surface area contributed by atoms with Gasteiger partial charge in [-0.3, -0.25) is 0 Å². The van der Waals surface area contributed by atoms with Crippen molar-refractivity contribution in [1.82, 2.24) is 4.90 Å². The molecule has 1 aromatic carbocycles. The Kier molecular flexibility index (Phi) is 4.42. The molecule has 1 heterocycles. The van der Waals surface area contributed by atoms with Crippen LogP contribution in [0, 0.1) is 5.82 Å². The highest BCUT2D eigenvalue weighted by Gasteiger charge is 2.33. The van der Waals surface area contributed by atoms with Crippen molar-refractivity contribution in [2.24, 2.45) is 5.73 Å². The molecular formula is C15H23FN2O. The first kappa shape index (κ1) is 14.3. The lowest BCUT2D eigenvalue weighted by atomic mass is 9.74. The van der Waals surface area contributed by atoms with E-state index in [1.54, 1.807) is 12.1 Å². The van der Waals surface area contributed by atoms with Crippen LogP contribution in [0.25, 0.3) is 0 Å². The molecule has 1 unspecified atom stereocenters. The molecule has 1 aliphatic heterocycles. The number of benzene rings is 1. The third kappa shape index (κ3) is 2.90. The smallest absolute Gasteiger partial charge is 0.165 e. The normalized spacial score (nSPS) is 25.1. The third-order valence-electron chi connectivity index (χ3n) is 4.32. The van der Waals surface area contributed by atoms with Gasteiger partial charge in [-0.2, -0.15) is 0 Å². The van der Waals surface area contributed by atoms with Crippen molar-refractivity contribution in [3.63, 3.8) is 0 Å². The highest BCUT2D eigenvalue weighted by molar-refractivity contribution is 5.34. The maximum absolute atomic E-state index is 13.9. The minimum absolute atomic E-state index is 0.0993. The van der Waals surface area contributed by atoms with Gasteiger partial charge in [0.15, 0.2) is 11.6 Å². The maximum Gasteiger partial charge on any atom is 0.165 e. The zero-order valence-corrected chi connectivity index (χ0v) is 11.8. The molecule has 1 saturated heterocycles. The molecule has 0 saturated carbocycles. The van der Waals surface area contributed by atoms with Crippen LogP contribution >= 0.6 is 0 Å². The van der Waals surface area contributed by atoms with Crippen molar-refractivity contribution in [3.8, 4) is 5.75 Å². The summed E-state index contributed by atoms with van der Waals surface area (Å²) < 4.78 is 18.9. The largest absolute Gasteiger partial charge is 0.494 e.